The first-order valence-corrected chi connectivity index (χ1v) is 39.9. The van der Waals surface area contributed by atoms with Crippen LogP contribution >= 0.6 is 161 Å². The Morgan fingerprint density at radius 3 is 1.30 bits per heavy atom. The van der Waals surface area contributed by atoms with Gasteiger partial charge in [0.2, 0.25) is 0 Å². The lowest BCUT2D eigenvalue weighted by Crippen LogP contribution is -1.50. The minimum absolute atomic E-state index is 0.0196. The summed E-state index contributed by atoms with van der Waals surface area (Å²) in [6.07, 6.45) is 0. The smallest absolute Gasteiger partial charge is 0.0690 e. The standard InChI is InChI=1S/H22P20/c1-11-17(10)19(20(15(6)7)16(8)9)12-18(13(2)3)14(4)5/h11-12H,1-10H2/i12T. The average molecular weight is 644 g/mol. The van der Waals surface area contributed by atoms with Crippen molar-refractivity contribution in [2.75, 3.05) is 0 Å². The van der Waals surface area contributed by atoms with Crippen LogP contribution in [0.5, 0.6) is 0 Å². The Morgan fingerprint density at radius 2 is 1.05 bits per heavy atom. The summed E-state index contributed by atoms with van der Waals surface area (Å²) in [5.74, 6) is 0. The third kappa shape index (κ3) is 11.7. The molecule has 0 aromatic carbocycles. The predicted octanol–water partition coefficient (Wildman–Crippen LogP) is 11.3. The molecular formula is H22P20. The van der Waals surface area contributed by atoms with E-state index in [0.717, 1.165) is 7.96 Å². The Bertz CT molecular complexity index is 251. The maximum absolute atomic E-state index is 9.20. The molecule has 0 saturated heterocycles. The molecule has 0 amide bonds. The summed E-state index contributed by atoms with van der Waals surface area (Å²) in [5.41, 5.74) is 0. The van der Waals surface area contributed by atoms with Crippen LogP contribution in [0.4, 0.5) is 0 Å². The average Bonchev–Trinajstić information content (AvgIpc) is 2.32. The molecule has 0 radical (unpaired) electrons. The quantitative estimate of drug-likeness (QED) is 0.219. The summed E-state index contributed by atoms with van der Waals surface area (Å²) in [5, 5.41) is 0. The minimum Gasteiger partial charge on any atom is -0.109 e. The van der Waals surface area contributed by atoms with E-state index in [1.807, 2.05) is 0 Å². The highest BCUT2D eigenvalue weighted by Gasteiger charge is 2.34. The van der Waals surface area contributed by atoms with Crippen molar-refractivity contribution in [3.63, 3.8) is 0 Å². The van der Waals surface area contributed by atoms with Crippen LogP contribution in [0, 0.1) is 0 Å². The number of hydrogen-bond donors (Lipinski definition) is 0. The molecule has 0 aromatic heterocycles. The molecule has 122 valence electrons. The monoisotopic (exact) mass is 644 g/mol. The van der Waals surface area contributed by atoms with Crippen molar-refractivity contribution in [1.82, 2.24) is 0 Å². The van der Waals surface area contributed by atoms with Crippen LogP contribution in [-0.2, 0) is 0 Å². The van der Waals surface area contributed by atoms with Crippen molar-refractivity contribution in [1.29, 1.82) is 1.28 Å². The highest BCUT2D eigenvalue weighted by Crippen LogP contribution is 3.24. The summed E-state index contributed by atoms with van der Waals surface area (Å²) in [7, 11) is 31.0. The van der Waals surface area contributed by atoms with Crippen LogP contribution in [0.15, 0.2) is 0 Å². The van der Waals surface area contributed by atoms with E-state index in [-0.39, 0.29) is 55.9 Å². The first-order chi connectivity index (χ1) is 9.56. The van der Waals surface area contributed by atoms with Crippen LogP contribution in [0.25, 0.3) is 0 Å². The van der Waals surface area contributed by atoms with Gasteiger partial charge in [0.25, 0.3) is 0 Å². The zero-order chi connectivity index (χ0) is 16.9. The first-order valence-electron chi connectivity index (χ1n) is 4.88. The molecule has 20 heteroatoms. The first kappa shape index (κ1) is 26.6. The molecule has 0 fully saturated rings. The van der Waals surface area contributed by atoms with E-state index in [1.165, 1.54) is 0 Å². The second kappa shape index (κ2) is 16.3. The fourth-order valence-electron chi connectivity index (χ4n) is 0.804. The normalized spacial score (nSPS) is 19.1. The topological polar surface area (TPSA) is 0 Å². The Morgan fingerprint density at radius 1 is 0.650 bits per heavy atom. The van der Waals surface area contributed by atoms with Crippen molar-refractivity contribution in [2.45, 2.75) is 0 Å². The Kier molecular flexibility index (Phi) is 21.7. The number of hydrogen-bond acceptors (Lipinski definition) is 0. The van der Waals surface area contributed by atoms with E-state index in [9.17, 15) is 1.28 Å². The van der Waals surface area contributed by atoms with Gasteiger partial charge < -0.3 is 0 Å². The van der Waals surface area contributed by atoms with Crippen molar-refractivity contribution >= 4 is 161 Å². The maximum atomic E-state index is 9.20. The third-order valence-electron chi connectivity index (χ3n) is 1.47. The molecule has 0 aliphatic carbocycles. The van der Waals surface area contributed by atoms with Crippen LogP contribution < -0.4 is 0 Å². The van der Waals surface area contributed by atoms with Crippen LogP contribution in [0.2, 0.25) is 0 Å². The minimum atomic E-state index is -0.572. The van der Waals surface area contributed by atoms with Gasteiger partial charge in [-0.3, -0.25) is 0 Å². The van der Waals surface area contributed by atoms with E-state index in [2.05, 4.69) is 89.3 Å². The number of rotatable bonds is 9. The molecule has 0 bridgehead atoms. The Balaban J connectivity index is 5.58. The van der Waals surface area contributed by atoms with E-state index in [1.54, 1.807) is 0 Å². The molecule has 0 aliphatic heterocycles. The van der Waals surface area contributed by atoms with Crippen molar-refractivity contribution in [3.05, 3.63) is 0 Å². The summed E-state index contributed by atoms with van der Waals surface area (Å²) in [4.78, 5) is 0. The molecule has 14 unspecified atom stereocenters. The summed E-state index contributed by atoms with van der Waals surface area (Å²) < 4.78 is 9.20. The highest BCUT2D eigenvalue weighted by atomic mass is 33.4. The van der Waals surface area contributed by atoms with Crippen molar-refractivity contribution in [2.24, 2.45) is 0 Å². The van der Waals surface area contributed by atoms with Crippen LogP contribution in [0.1, 0.15) is 0 Å². The second-order valence-electron chi connectivity index (χ2n) is 2.89. The van der Waals surface area contributed by atoms with E-state index in [0.29, 0.717) is 0 Å². The molecular weight excluding hydrogens is 619 g/mol. The van der Waals surface area contributed by atoms with Gasteiger partial charge in [0.05, 0.1) is 1.28 Å². The molecule has 0 saturated carbocycles. The second-order valence-corrected chi connectivity index (χ2v) is 78.0. The molecule has 0 nitrogen and oxygen atoms in total. The highest BCUT2D eigenvalue weighted by molar-refractivity contribution is 9.30. The van der Waals surface area contributed by atoms with Crippen LogP contribution in [0.3, 0.4) is 0 Å². The lowest BCUT2D eigenvalue weighted by molar-refractivity contribution is 4.56. The Labute approximate surface area is 161 Å². The lowest BCUT2D eigenvalue weighted by Gasteiger charge is -2.39. The van der Waals surface area contributed by atoms with Gasteiger partial charge in [-0.2, -0.15) is 0 Å². The molecule has 0 N–H and O–H groups in total. The van der Waals surface area contributed by atoms with Gasteiger partial charge in [0, 0.05) is 0 Å². The van der Waals surface area contributed by atoms with Gasteiger partial charge in [0.1, 0.15) is 0 Å². The fourth-order valence-corrected chi connectivity index (χ4v) is 195. The molecule has 14 atom stereocenters. The van der Waals surface area contributed by atoms with Crippen molar-refractivity contribution in [3.8, 4) is 0 Å². The summed E-state index contributed by atoms with van der Waals surface area (Å²) in [6, 6.07) is 0. The molecule has 0 aromatic rings. The van der Waals surface area contributed by atoms with E-state index < -0.39 is 7.90 Å². The molecule has 0 heterocycles. The zero-order valence-electron chi connectivity index (χ0n) is 11.3. The van der Waals surface area contributed by atoms with E-state index >= 15 is 0 Å². The fraction of sp³-hybridized carbons (Fsp3) is 0. The van der Waals surface area contributed by atoms with Gasteiger partial charge in [0.15, 0.2) is 0 Å². The molecule has 0 spiro atoms. The van der Waals surface area contributed by atoms with E-state index in [4.69, 9.17) is 0 Å². The SMILES string of the molecule is [3H]P(P(P(P)P)P(P)P)P(P(P)PP)P(P(P)P)P(P)P. The lowest BCUT2D eigenvalue weighted by atomic mass is 28.6. The zero-order valence-corrected chi connectivity index (χ0v) is 30.9. The van der Waals surface area contributed by atoms with Gasteiger partial charge >= 0.3 is 0 Å². The summed E-state index contributed by atoms with van der Waals surface area (Å²) in [6.45, 7) is -0.760. The molecule has 20 heavy (non-hydrogen) atoms. The predicted molar refractivity (Wildman–Crippen MR) is 169 cm³/mol. The van der Waals surface area contributed by atoms with Gasteiger partial charge in [-0.15, -0.1) is 89.3 Å². The molecule has 0 aliphatic rings. The van der Waals surface area contributed by atoms with Crippen molar-refractivity contribution < 1.29 is 0 Å². The van der Waals surface area contributed by atoms with Gasteiger partial charge in [-0.05, 0) is 63.8 Å². The summed E-state index contributed by atoms with van der Waals surface area (Å²) >= 11 is 0. The Hall–Kier alpha value is 8.60. The third-order valence-corrected chi connectivity index (χ3v) is 119. The van der Waals surface area contributed by atoms with Crippen LogP contribution in [-0.4, -0.2) is 1.28 Å². The van der Waals surface area contributed by atoms with Gasteiger partial charge in [-0.1, -0.05) is 7.96 Å². The molecule has 0 rings (SSSR count). The van der Waals surface area contributed by atoms with Gasteiger partial charge in [-0.25, -0.2) is 0 Å². The largest absolute Gasteiger partial charge is 0.109 e. The maximum Gasteiger partial charge on any atom is 0.0690 e.